The molecule has 0 aliphatic carbocycles. The lowest BCUT2D eigenvalue weighted by Crippen LogP contribution is -2.46. The monoisotopic (exact) mass is 411 g/mol. The van der Waals surface area contributed by atoms with E-state index in [1.165, 1.54) is 11.3 Å². The third kappa shape index (κ3) is 4.33. The maximum absolute atomic E-state index is 8.89. The van der Waals surface area contributed by atoms with Gasteiger partial charge in [0, 0.05) is 43.6 Å². The second-order valence-electron chi connectivity index (χ2n) is 7.66. The maximum Gasteiger partial charge on any atom is 0.320 e. The molecule has 0 radical (unpaired) electrons. The number of hydrogen-bond donors (Lipinski definition) is 3. The average Bonchev–Trinajstić information content (AvgIpc) is 3.21. The maximum atomic E-state index is 8.89. The minimum atomic E-state index is 0.0710. The van der Waals surface area contributed by atoms with Crippen LogP contribution in [-0.2, 0) is 0 Å². The average molecular weight is 412 g/mol. The van der Waals surface area contributed by atoms with Crippen molar-refractivity contribution in [2.75, 3.05) is 11.9 Å². The zero-order valence-corrected chi connectivity index (χ0v) is 17.2. The molecule has 4 rings (SSSR count). The van der Waals surface area contributed by atoms with E-state index < -0.39 is 0 Å². The molecule has 2 saturated heterocycles. The minimum absolute atomic E-state index is 0.0710. The van der Waals surface area contributed by atoms with Gasteiger partial charge in [-0.15, -0.1) is 11.3 Å². The van der Waals surface area contributed by atoms with Gasteiger partial charge in [0.05, 0.1) is 11.5 Å². The molecule has 2 aliphatic heterocycles. The fraction of sp³-hybridized carbons (Fsp3) is 0.500. The van der Waals surface area contributed by atoms with Crippen LogP contribution in [0.1, 0.15) is 39.0 Å². The highest BCUT2D eigenvalue weighted by molar-refractivity contribution is 7.16. The van der Waals surface area contributed by atoms with Crippen molar-refractivity contribution in [3.8, 4) is 12.1 Å². The Morgan fingerprint density at radius 3 is 2.90 bits per heavy atom. The van der Waals surface area contributed by atoms with Crippen molar-refractivity contribution in [3.63, 3.8) is 0 Å². The molecular weight excluding hydrogens is 386 g/mol. The summed E-state index contributed by atoms with van der Waals surface area (Å²) in [6, 6.07) is 5.48. The SMILES string of the molecule is C/C(N)=C/C(=N)Nc1nc(OC2CC3CC[C@@H](C2)N3CCC#N)nc2sccc12. The molecule has 2 aromatic heterocycles. The van der Waals surface area contributed by atoms with Crippen LogP contribution in [0.5, 0.6) is 6.01 Å². The molecule has 0 aromatic carbocycles. The van der Waals surface area contributed by atoms with Crippen LogP contribution < -0.4 is 15.8 Å². The lowest BCUT2D eigenvalue weighted by atomic mass is 9.99. The molecule has 0 spiro atoms. The zero-order chi connectivity index (χ0) is 20.4. The number of anilines is 1. The predicted molar refractivity (Wildman–Crippen MR) is 114 cm³/mol. The molecule has 3 atom stereocenters. The van der Waals surface area contributed by atoms with E-state index in [1.807, 2.05) is 11.4 Å². The Morgan fingerprint density at radius 2 is 2.21 bits per heavy atom. The van der Waals surface area contributed by atoms with Crippen molar-refractivity contribution in [2.45, 2.75) is 57.2 Å². The molecule has 4 N–H and O–H groups in total. The highest BCUT2D eigenvalue weighted by Gasteiger charge is 2.41. The highest BCUT2D eigenvalue weighted by Crippen LogP contribution is 2.37. The standard InChI is InChI=1S/C20H25N7OS/c1-12(22)9-17(23)24-18-16-5-8-29-19(16)26-20(25-18)28-15-10-13-3-4-14(11-15)27(13)7-2-6-21/h5,8-9,13-15H,2-4,7,10-11,22H2,1H3,(H2,23,24,25,26)/b12-9-/t13-,14?,15?/m0/s1. The summed E-state index contributed by atoms with van der Waals surface area (Å²) in [5, 5.41) is 22.8. The number of nitrogens with one attached hydrogen (secondary N) is 2. The number of rotatable bonds is 6. The molecule has 2 fully saturated rings. The first kappa shape index (κ1) is 19.6. The number of amidine groups is 1. The van der Waals surface area contributed by atoms with Crippen molar-refractivity contribution >= 4 is 33.2 Å². The van der Waals surface area contributed by atoms with Crippen LogP contribution in [0.25, 0.3) is 10.2 Å². The number of nitrogens with zero attached hydrogens (tertiary/aromatic N) is 4. The summed E-state index contributed by atoms with van der Waals surface area (Å²) in [7, 11) is 0. The number of nitrogens with two attached hydrogens (primary N) is 1. The largest absolute Gasteiger partial charge is 0.460 e. The van der Waals surface area contributed by atoms with Crippen LogP contribution in [0.3, 0.4) is 0 Å². The van der Waals surface area contributed by atoms with Gasteiger partial charge in [-0.25, -0.2) is 0 Å². The summed E-state index contributed by atoms with van der Waals surface area (Å²) >= 11 is 1.52. The normalized spacial score (nSPS) is 24.4. The Kier molecular flexibility index (Phi) is 5.65. The molecule has 2 bridgehead atoms. The van der Waals surface area contributed by atoms with Gasteiger partial charge < -0.3 is 15.8 Å². The van der Waals surface area contributed by atoms with E-state index in [4.69, 9.17) is 21.1 Å². The van der Waals surface area contributed by atoms with Crippen molar-refractivity contribution in [1.29, 1.82) is 10.7 Å². The van der Waals surface area contributed by atoms with Crippen molar-refractivity contribution in [3.05, 3.63) is 23.2 Å². The number of nitriles is 1. The Bertz CT molecular complexity index is 961. The van der Waals surface area contributed by atoms with Gasteiger partial charge in [0.2, 0.25) is 0 Å². The molecule has 0 saturated carbocycles. The predicted octanol–water partition coefficient (Wildman–Crippen LogP) is 3.23. The number of aromatic nitrogens is 2. The van der Waals surface area contributed by atoms with Gasteiger partial charge in [-0.3, -0.25) is 10.3 Å². The van der Waals surface area contributed by atoms with Crippen molar-refractivity contribution in [2.24, 2.45) is 5.73 Å². The van der Waals surface area contributed by atoms with Crippen LogP contribution >= 0.6 is 11.3 Å². The second-order valence-corrected chi connectivity index (χ2v) is 8.56. The van der Waals surface area contributed by atoms with Crippen LogP contribution in [0.4, 0.5) is 5.82 Å². The number of piperidine rings is 1. The molecule has 9 heteroatoms. The lowest BCUT2D eigenvalue weighted by molar-refractivity contribution is 0.0461. The molecule has 152 valence electrons. The Labute approximate surface area is 173 Å². The Balaban J connectivity index is 1.50. The molecular formula is C20H25N7OS. The molecule has 4 heterocycles. The molecule has 29 heavy (non-hydrogen) atoms. The number of thiophene rings is 1. The fourth-order valence-corrected chi connectivity index (χ4v) is 5.14. The first-order valence-corrected chi connectivity index (χ1v) is 10.8. The first-order chi connectivity index (χ1) is 14.0. The van der Waals surface area contributed by atoms with E-state index in [-0.39, 0.29) is 11.9 Å². The molecule has 0 amide bonds. The van der Waals surface area contributed by atoms with E-state index in [0.717, 1.165) is 42.4 Å². The zero-order valence-electron chi connectivity index (χ0n) is 16.4. The molecule has 8 nitrogen and oxygen atoms in total. The smallest absolute Gasteiger partial charge is 0.320 e. The van der Waals surface area contributed by atoms with Crippen LogP contribution in [0.2, 0.25) is 0 Å². The lowest BCUT2D eigenvalue weighted by Gasteiger charge is -2.38. The molecule has 2 aromatic rings. The molecule has 2 aliphatic rings. The quantitative estimate of drug-likeness (QED) is 0.492. The third-order valence-corrected chi connectivity index (χ3v) is 6.33. The summed E-state index contributed by atoms with van der Waals surface area (Å²) in [6.07, 6.45) is 6.39. The number of fused-ring (bicyclic) bond motifs is 3. The van der Waals surface area contributed by atoms with E-state index >= 15 is 0 Å². The number of allylic oxidation sites excluding steroid dienone is 1. The van der Waals surface area contributed by atoms with Gasteiger partial charge in [-0.05, 0) is 37.3 Å². The second kappa shape index (κ2) is 8.35. The van der Waals surface area contributed by atoms with Crippen LogP contribution in [0, 0.1) is 16.7 Å². The topological polar surface area (TPSA) is 124 Å². The van der Waals surface area contributed by atoms with Gasteiger partial charge in [-0.2, -0.15) is 15.2 Å². The summed E-state index contributed by atoms with van der Waals surface area (Å²) in [5.41, 5.74) is 6.22. The number of hydrogen-bond acceptors (Lipinski definition) is 8. The third-order valence-electron chi connectivity index (χ3n) is 5.52. The minimum Gasteiger partial charge on any atom is -0.460 e. The fourth-order valence-electron chi connectivity index (χ4n) is 4.39. The van der Waals surface area contributed by atoms with Gasteiger partial charge >= 0.3 is 6.01 Å². The van der Waals surface area contributed by atoms with Crippen molar-refractivity contribution < 1.29 is 4.74 Å². The van der Waals surface area contributed by atoms with Gasteiger partial charge in [0.1, 0.15) is 22.6 Å². The summed E-state index contributed by atoms with van der Waals surface area (Å²) in [4.78, 5) is 12.4. The Morgan fingerprint density at radius 1 is 1.45 bits per heavy atom. The van der Waals surface area contributed by atoms with E-state index in [1.54, 1.807) is 13.0 Å². The van der Waals surface area contributed by atoms with Crippen molar-refractivity contribution in [1.82, 2.24) is 14.9 Å². The van der Waals surface area contributed by atoms with E-state index in [9.17, 15) is 0 Å². The van der Waals surface area contributed by atoms with Gasteiger partial charge in [0.15, 0.2) is 0 Å². The Hall–Kier alpha value is -2.70. The van der Waals surface area contributed by atoms with Crippen LogP contribution in [-0.4, -0.2) is 45.4 Å². The van der Waals surface area contributed by atoms with Crippen LogP contribution in [0.15, 0.2) is 23.2 Å². The summed E-state index contributed by atoms with van der Waals surface area (Å²) in [6.45, 7) is 2.59. The van der Waals surface area contributed by atoms with Gasteiger partial charge in [0.25, 0.3) is 0 Å². The van der Waals surface area contributed by atoms with E-state index in [0.29, 0.717) is 36.0 Å². The highest BCUT2D eigenvalue weighted by atomic mass is 32.1. The van der Waals surface area contributed by atoms with E-state index in [2.05, 4.69) is 26.3 Å². The van der Waals surface area contributed by atoms with Gasteiger partial charge in [-0.1, -0.05) is 0 Å². The summed E-state index contributed by atoms with van der Waals surface area (Å²) in [5.74, 6) is 0.731. The first-order valence-electron chi connectivity index (χ1n) is 9.87. The summed E-state index contributed by atoms with van der Waals surface area (Å²) < 4.78 is 6.21. The number of ether oxygens (including phenoxy) is 1. The molecule has 2 unspecified atom stereocenters.